The molecule has 1 heterocycles. The standard InChI is InChI=1S/C16H34N2O2S/c1-5-21(19,20)13-15(4)17-12-16(14(2)3)18-10-8-6-7-9-11-18/h14-17H,5-13H2,1-4H3/t15-,16+/m0/s1. The van der Waals surface area contributed by atoms with E-state index < -0.39 is 9.84 Å². The van der Waals surface area contributed by atoms with E-state index in [0.717, 1.165) is 6.54 Å². The summed E-state index contributed by atoms with van der Waals surface area (Å²) in [6, 6.07) is 0.540. The van der Waals surface area contributed by atoms with E-state index in [1.54, 1.807) is 6.92 Å². The van der Waals surface area contributed by atoms with E-state index in [2.05, 4.69) is 24.1 Å². The number of sulfone groups is 1. The Labute approximate surface area is 131 Å². The van der Waals surface area contributed by atoms with Crippen LogP contribution in [0.5, 0.6) is 0 Å². The molecule has 1 aliphatic rings. The Balaban J connectivity index is 2.50. The van der Waals surface area contributed by atoms with Crippen molar-refractivity contribution in [1.82, 2.24) is 10.2 Å². The van der Waals surface area contributed by atoms with Crippen molar-refractivity contribution in [2.45, 2.75) is 65.5 Å². The highest BCUT2D eigenvalue weighted by Gasteiger charge is 2.23. The molecule has 0 radical (unpaired) electrons. The molecule has 0 spiro atoms. The Morgan fingerprint density at radius 3 is 2.10 bits per heavy atom. The van der Waals surface area contributed by atoms with Crippen LogP contribution in [0.1, 0.15) is 53.4 Å². The highest BCUT2D eigenvalue weighted by atomic mass is 32.2. The second kappa shape index (κ2) is 9.11. The Bertz CT molecular complexity index is 374. The number of likely N-dealkylation sites (tertiary alicyclic amines) is 1. The van der Waals surface area contributed by atoms with E-state index in [9.17, 15) is 8.42 Å². The maximum Gasteiger partial charge on any atom is 0.151 e. The van der Waals surface area contributed by atoms with Crippen molar-refractivity contribution in [2.24, 2.45) is 5.92 Å². The van der Waals surface area contributed by atoms with Crippen LogP contribution in [-0.4, -0.2) is 56.5 Å². The van der Waals surface area contributed by atoms with E-state index in [-0.39, 0.29) is 17.5 Å². The Hall–Kier alpha value is -0.130. The van der Waals surface area contributed by atoms with Gasteiger partial charge in [0.25, 0.3) is 0 Å². The second-order valence-corrected chi connectivity index (χ2v) is 9.17. The third-order valence-corrected chi connectivity index (χ3v) is 6.39. The molecule has 0 aromatic carbocycles. The normalized spacial score (nSPS) is 21.2. The van der Waals surface area contributed by atoms with Crippen LogP contribution in [0.2, 0.25) is 0 Å². The minimum atomic E-state index is -2.89. The quantitative estimate of drug-likeness (QED) is 0.746. The molecule has 4 nitrogen and oxygen atoms in total. The number of rotatable bonds is 8. The van der Waals surface area contributed by atoms with Crippen molar-refractivity contribution in [1.29, 1.82) is 0 Å². The number of hydrogen-bond acceptors (Lipinski definition) is 4. The van der Waals surface area contributed by atoms with Gasteiger partial charge in [-0.3, -0.25) is 4.90 Å². The van der Waals surface area contributed by atoms with Crippen LogP contribution in [0.25, 0.3) is 0 Å². The van der Waals surface area contributed by atoms with Crippen molar-refractivity contribution >= 4 is 9.84 Å². The van der Waals surface area contributed by atoms with E-state index in [1.165, 1.54) is 38.8 Å². The van der Waals surface area contributed by atoms with Gasteiger partial charge in [0.15, 0.2) is 9.84 Å². The lowest BCUT2D eigenvalue weighted by Crippen LogP contribution is -2.48. The first-order valence-corrected chi connectivity index (χ1v) is 10.4. The van der Waals surface area contributed by atoms with Crippen LogP contribution in [0.15, 0.2) is 0 Å². The van der Waals surface area contributed by atoms with Gasteiger partial charge in [-0.15, -0.1) is 0 Å². The average Bonchev–Trinajstić information content (AvgIpc) is 2.67. The predicted molar refractivity (Wildman–Crippen MR) is 90.5 cm³/mol. The van der Waals surface area contributed by atoms with Crippen LogP contribution in [-0.2, 0) is 9.84 Å². The zero-order valence-electron chi connectivity index (χ0n) is 14.3. The summed E-state index contributed by atoms with van der Waals surface area (Å²) in [7, 11) is -2.89. The Kier molecular flexibility index (Phi) is 8.21. The fourth-order valence-corrected chi connectivity index (χ4v) is 4.21. The summed E-state index contributed by atoms with van der Waals surface area (Å²) in [6.07, 6.45) is 5.28. The van der Waals surface area contributed by atoms with Gasteiger partial charge in [0.2, 0.25) is 0 Å². The molecule has 0 aromatic rings. The largest absolute Gasteiger partial charge is 0.312 e. The molecule has 21 heavy (non-hydrogen) atoms. The minimum absolute atomic E-state index is 0.0307. The molecule has 0 amide bonds. The van der Waals surface area contributed by atoms with Crippen molar-refractivity contribution in [2.75, 3.05) is 31.1 Å². The third kappa shape index (κ3) is 7.11. The summed E-state index contributed by atoms with van der Waals surface area (Å²) in [5, 5.41) is 3.45. The summed E-state index contributed by atoms with van der Waals surface area (Å²) in [5.74, 6) is 1.07. The van der Waals surface area contributed by atoms with Crippen molar-refractivity contribution in [3.05, 3.63) is 0 Å². The SMILES string of the molecule is CCS(=O)(=O)C[C@H](C)NC[C@H](C(C)C)N1CCCCCC1. The lowest BCUT2D eigenvalue weighted by molar-refractivity contribution is 0.154. The van der Waals surface area contributed by atoms with Crippen LogP contribution in [0, 0.1) is 5.92 Å². The molecule has 1 saturated heterocycles. The number of hydrogen-bond donors (Lipinski definition) is 1. The topological polar surface area (TPSA) is 49.4 Å². The van der Waals surface area contributed by atoms with Gasteiger partial charge < -0.3 is 5.32 Å². The van der Waals surface area contributed by atoms with E-state index in [0.29, 0.717) is 12.0 Å². The highest BCUT2D eigenvalue weighted by Crippen LogP contribution is 2.17. The molecule has 5 heteroatoms. The predicted octanol–water partition coefficient (Wildman–Crippen LogP) is 2.30. The van der Waals surface area contributed by atoms with Crippen LogP contribution < -0.4 is 5.32 Å². The summed E-state index contributed by atoms with van der Waals surface area (Å²) in [4.78, 5) is 2.60. The van der Waals surface area contributed by atoms with Gasteiger partial charge >= 0.3 is 0 Å². The van der Waals surface area contributed by atoms with Crippen molar-refractivity contribution < 1.29 is 8.42 Å². The van der Waals surface area contributed by atoms with Crippen molar-refractivity contribution in [3.8, 4) is 0 Å². The van der Waals surface area contributed by atoms with Gasteiger partial charge in [0.05, 0.1) is 5.75 Å². The second-order valence-electron chi connectivity index (χ2n) is 6.77. The molecule has 0 saturated carbocycles. The molecule has 126 valence electrons. The van der Waals surface area contributed by atoms with E-state index in [1.807, 2.05) is 6.92 Å². The van der Waals surface area contributed by atoms with Gasteiger partial charge in [-0.05, 0) is 38.8 Å². The van der Waals surface area contributed by atoms with Crippen LogP contribution in [0.4, 0.5) is 0 Å². The molecular weight excluding hydrogens is 284 g/mol. The van der Waals surface area contributed by atoms with E-state index >= 15 is 0 Å². The summed E-state index contributed by atoms with van der Waals surface area (Å²) >= 11 is 0. The summed E-state index contributed by atoms with van der Waals surface area (Å²) in [6.45, 7) is 11.5. The van der Waals surface area contributed by atoms with Gasteiger partial charge in [0.1, 0.15) is 0 Å². The van der Waals surface area contributed by atoms with Gasteiger partial charge in [0, 0.05) is 24.4 Å². The molecule has 0 unspecified atom stereocenters. The molecule has 0 aliphatic carbocycles. The van der Waals surface area contributed by atoms with Crippen molar-refractivity contribution in [3.63, 3.8) is 0 Å². The number of nitrogens with zero attached hydrogens (tertiary/aromatic N) is 1. The van der Waals surface area contributed by atoms with Gasteiger partial charge in [-0.2, -0.15) is 0 Å². The molecule has 1 rings (SSSR count). The molecule has 2 atom stereocenters. The molecular formula is C16H34N2O2S. The molecule has 0 aromatic heterocycles. The first-order valence-electron chi connectivity index (χ1n) is 8.53. The smallest absolute Gasteiger partial charge is 0.151 e. The average molecular weight is 319 g/mol. The Morgan fingerprint density at radius 1 is 1.05 bits per heavy atom. The molecule has 1 fully saturated rings. The first-order chi connectivity index (χ1) is 9.85. The van der Waals surface area contributed by atoms with Crippen LogP contribution in [0.3, 0.4) is 0 Å². The highest BCUT2D eigenvalue weighted by molar-refractivity contribution is 7.91. The maximum atomic E-state index is 11.7. The fraction of sp³-hybridized carbons (Fsp3) is 1.00. The van der Waals surface area contributed by atoms with Gasteiger partial charge in [-0.1, -0.05) is 33.6 Å². The summed E-state index contributed by atoms with van der Waals surface area (Å²) < 4.78 is 23.4. The number of nitrogens with one attached hydrogen (secondary N) is 1. The lowest BCUT2D eigenvalue weighted by atomic mass is 10.0. The monoisotopic (exact) mass is 318 g/mol. The minimum Gasteiger partial charge on any atom is -0.312 e. The zero-order valence-corrected chi connectivity index (χ0v) is 15.1. The lowest BCUT2D eigenvalue weighted by Gasteiger charge is -2.34. The fourth-order valence-electron chi connectivity index (χ4n) is 3.09. The van der Waals surface area contributed by atoms with Crippen LogP contribution >= 0.6 is 0 Å². The Morgan fingerprint density at radius 2 is 1.62 bits per heavy atom. The maximum absolute atomic E-state index is 11.7. The van der Waals surface area contributed by atoms with E-state index in [4.69, 9.17) is 0 Å². The molecule has 1 aliphatic heterocycles. The first kappa shape index (κ1) is 18.9. The molecule has 0 bridgehead atoms. The molecule has 1 N–H and O–H groups in total. The summed E-state index contributed by atoms with van der Waals surface area (Å²) in [5.41, 5.74) is 0. The van der Waals surface area contributed by atoms with Gasteiger partial charge in [-0.25, -0.2) is 8.42 Å². The zero-order chi connectivity index (χ0) is 15.9. The third-order valence-electron chi connectivity index (χ3n) is 4.50.